The summed E-state index contributed by atoms with van der Waals surface area (Å²) in [6.07, 6.45) is 6.13. The van der Waals surface area contributed by atoms with Crippen LogP contribution in [0.25, 0.3) is 0 Å². The van der Waals surface area contributed by atoms with E-state index in [1.807, 2.05) is 18.3 Å². The molecule has 90 valence electrons. The van der Waals surface area contributed by atoms with Crippen LogP contribution < -0.4 is 0 Å². The summed E-state index contributed by atoms with van der Waals surface area (Å²) in [5, 5.41) is 9.18. The standard InChI is InChI=1S/C14H19N3/c1-17(12-14(11-15)7-4-8-14)10-6-13-5-2-3-9-16-13/h2-3,5,9H,4,6-8,10,12H2,1H3. The molecule has 0 radical (unpaired) electrons. The number of likely N-dealkylation sites (N-methyl/N-ethyl adjacent to an activating group) is 1. The van der Waals surface area contributed by atoms with E-state index in [1.54, 1.807) is 0 Å². The first-order valence-corrected chi connectivity index (χ1v) is 6.24. The van der Waals surface area contributed by atoms with Gasteiger partial charge in [-0.15, -0.1) is 0 Å². The highest BCUT2D eigenvalue weighted by Gasteiger charge is 2.37. The highest BCUT2D eigenvalue weighted by atomic mass is 15.1. The Morgan fingerprint density at radius 3 is 2.82 bits per heavy atom. The van der Waals surface area contributed by atoms with Crippen LogP contribution in [0.2, 0.25) is 0 Å². The third-order valence-corrected chi connectivity index (χ3v) is 3.60. The summed E-state index contributed by atoms with van der Waals surface area (Å²) in [4.78, 5) is 6.57. The average Bonchev–Trinajstić information content (AvgIpc) is 2.33. The van der Waals surface area contributed by atoms with Crippen LogP contribution in [0, 0.1) is 16.7 Å². The second-order valence-corrected chi connectivity index (χ2v) is 5.05. The van der Waals surface area contributed by atoms with Crippen molar-refractivity contribution in [1.82, 2.24) is 9.88 Å². The van der Waals surface area contributed by atoms with Crippen LogP contribution in [-0.4, -0.2) is 30.0 Å². The number of nitriles is 1. The summed E-state index contributed by atoms with van der Waals surface area (Å²) in [6.45, 7) is 1.87. The molecular weight excluding hydrogens is 210 g/mol. The monoisotopic (exact) mass is 229 g/mol. The second-order valence-electron chi connectivity index (χ2n) is 5.05. The minimum absolute atomic E-state index is 0.0567. The van der Waals surface area contributed by atoms with Crippen LogP contribution in [0.1, 0.15) is 25.0 Å². The molecule has 0 N–H and O–H groups in total. The van der Waals surface area contributed by atoms with Crippen molar-refractivity contribution in [2.24, 2.45) is 5.41 Å². The Balaban J connectivity index is 1.78. The minimum Gasteiger partial charge on any atom is -0.304 e. The molecule has 1 aliphatic carbocycles. The number of pyridine rings is 1. The van der Waals surface area contributed by atoms with Crippen molar-refractivity contribution in [3.63, 3.8) is 0 Å². The Hall–Kier alpha value is -1.40. The SMILES string of the molecule is CN(CCc1ccccn1)CC1(C#N)CCC1. The molecule has 2 rings (SSSR count). The highest BCUT2D eigenvalue weighted by Crippen LogP contribution is 2.40. The van der Waals surface area contributed by atoms with E-state index in [0.29, 0.717) is 0 Å². The molecule has 0 aliphatic heterocycles. The number of rotatable bonds is 5. The third-order valence-electron chi connectivity index (χ3n) is 3.60. The molecule has 1 fully saturated rings. The zero-order chi connectivity index (χ0) is 12.1. The first kappa shape index (κ1) is 12.1. The average molecular weight is 229 g/mol. The number of nitrogens with zero attached hydrogens (tertiary/aromatic N) is 3. The first-order valence-electron chi connectivity index (χ1n) is 6.24. The quantitative estimate of drug-likeness (QED) is 0.777. The molecule has 0 aromatic carbocycles. The van der Waals surface area contributed by atoms with Gasteiger partial charge in [0.2, 0.25) is 0 Å². The molecule has 1 aliphatic rings. The van der Waals surface area contributed by atoms with Gasteiger partial charge in [0.25, 0.3) is 0 Å². The second kappa shape index (κ2) is 5.29. The maximum atomic E-state index is 9.18. The van der Waals surface area contributed by atoms with Crippen LogP contribution >= 0.6 is 0 Å². The number of hydrogen-bond donors (Lipinski definition) is 0. The molecule has 0 bridgehead atoms. The number of hydrogen-bond acceptors (Lipinski definition) is 3. The molecule has 0 saturated heterocycles. The van der Waals surface area contributed by atoms with E-state index in [0.717, 1.165) is 38.0 Å². The predicted octanol–water partition coefficient (Wildman–Crippen LogP) is 2.25. The fourth-order valence-electron chi connectivity index (χ4n) is 2.36. The Bertz CT molecular complexity index is 390. The van der Waals surface area contributed by atoms with Gasteiger partial charge in [-0.25, -0.2) is 0 Å². The zero-order valence-corrected chi connectivity index (χ0v) is 10.4. The Morgan fingerprint density at radius 2 is 2.29 bits per heavy atom. The van der Waals surface area contributed by atoms with Crippen molar-refractivity contribution in [2.45, 2.75) is 25.7 Å². The topological polar surface area (TPSA) is 39.9 Å². The van der Waals surface area contributed by atoms with E-state index in [2.05, 4.69) is 29.1 Å². The fourth-order valence-corrected chi connectivity index (χ4v) is 2.36. The van der Waals surface area contributed by atoms with Gasteiger partial charge in [0.1, 0.15) is 0 Å². The van der Waals surface area contributed by atoms with Gasteiger partial charge in [-0.1, -0.05) is 12.5 Å². The lowest BCUT2D eigenvalue weighted by molar-refractivity contribution is 0.139. The molecule has 17 heavy (non-hydrogen) atoms. The van der Waals surface area contributed by atoms with Crippen molar-refractivity contribution < 1.29 is 0 Å². The predicted molar refractivity (Wildman–Crippen MR) is 67.3 cm³/mol. The van der Waals surface area contributed by atoms with E-state index < -0.39 is 0 Å². The van der Waals surface area contributed by atoms with Gasteiger partial charge >= 0.3 is 0 Å². The van der Waals surface area contributed by atoms with E-state index in [-0.39, 0.29) is 5.41 Å². The largest absolute Gasteiger partial charge is 0.304 e. The highest BCUT2D eigenvalue weighted by molar-refractivity contribution is 5.07. The van der Waals surface area contributed by atoms with Gasteiger partial charge < -0.3 is 4.90 Å². The normalized spacial score (nSPS) is 17.5. The molecule has 3 heteroatoms. The van der Waals surface area contributed by atoms with Crippen molar-refractivity contribution in [2.75, 3.05) is 20.1 Å². The van der Waals surface area contributed by atoms with E-state index in [4.69, 9.17) is 0 Å². The third kappa shape index (κ3) is 3.04. The van der Waals surface area contributed by atoms with Crippen molar-refractivity contribution in [3.8, 4) is 6.07 Å². The summed E-state index contributed by atoms with van der Waals surface area (Å²) < 4.78 is 0. The molecule has 0 amide bonds. The van der Waals surface area contributed by atoms with E-state index >= 15 is 0 Å². The summed E-state index contributed by atoms with van der Waals surface area (Å²) in [7, 11) is 2.10. The van der Waals surface area contributed by atoms with Crippen molar-refractivity contribution >= 4 is 0 Å². The van der Waals surface area contributed by atoms with Gasteiger partial charge in [0.05, 0.1) is 11.5 Å². The van der Waals surface area contributed by atoms with Gasteiger partial charge in [0, 0.05) is 31.4 Å². The Labute approximate surface area is 103 Å². The van der Waals surface area contributed by atoms with Gasteiger partial charge in [-0.05, 0) is 32.0 Å². The summed E-state index contributed by atoms with van der Waals surface area (Å²) in [6, 6.07) is 8.50. The summed E-state index contributed by atoms with van der Waals surface area (Å²) in [5.74, 6) is 0. The van der Waals surface area contributed by atoms with E-state index in [9.17, 15) is 5.26 Å². The maximum absolute atomic E-state index is 9.18. The smallest absolute Gasteiger partial charge is 0.0703 e. The minimum atomic E-state index is -0.0567. The molecular formula is C14H19N3. The first-order chi connectivity index (χ1) is 8.24. The Morgan fingerprint density at radius 1 is 1.47 bits per heavy atom. The van der Waals surface area contributed by atoms with Gasteiger partial charge in [-0.2, -0.15) is 5.26 Å². The van der Waals surface area contributed by atoms with Crippen LogP contribution in [-0.2, 0) is 6.42 Å². The molecule has 0 unspecified atom stereocenters. The van der Waals surface area contributed by atoms with Crippen LogP contribution in [0.15, 0.2) is 24.4 Å². The van der Waals surface area contributed by atoms with Gasteiger partial charge in [0.15, 0.2) is 0 Å². The molecule has 1 aromatic heterocycles. The van der Waals surface area contributed by atoms with Crippen LogP contribution in [0.5, 0.6) is 0 Å². The lowest BCUT2D eigenvalue weighted by atomic mass is 9.69. The van der Waals surface area contributed by atoms with Crippen molar-refractivity contribution in [1.29, 1.82) is 5.26 Å². The van der Waals surface area contributed by atoms with Crippen LogP contribution in [0.4, 0.5) is 0 Å². The van der Waals surface area contributed by atoms with Crippen molar-refractivity contribution in [3.05, 3.63) is 30.1 Å². The Kier molecular flexibility index (Phi) is 3.75. The molecule has 1 heterocycles. The fraction of sp³-hybridized carbons (Fsp3) is 0.571. The lowest BCUT2D eigenvalue weighted by Crippen LogP contribution is -2.40. The zero-order valence-electron chi connectivity index (χ0n) is 10.4. The maximum Gasteiger partial charge on any atom is 0.0703 e. The molecule has 3 nitrogen and oxygen atoms in total. The van der Waals surface area contributed by atoms with Crippen LogP contribution in [0.3, 0.4) is 0 Å². The van der Waals surface area contributed by atoms with E-state index in [1.165, 1.54) is 6.42 Å². The molecule has 0 atom stereocenters. The number of aromatic nitrogens is 1. The van der Waals surface area contributed by atoms with Gasteiger partial charge in [-0.3, -0.25) is 4.98 Å². The lowest BCUT2D eigenvalue weighted by Gasteiger charge is -2.38. The summed E-state index contributed by atoms with van der Waals surface area (Å²) >= 11 is 0. The summed E-state index contributed by atoms with van der Waals surface area (Å²) in [5.41, 5.74) is 1.07. The molecule has 0 spiro atoms. The molecule has 1 aromatic rings. The molecule has 1 saturated carbocycles.